The summed E-state index contributed by atoms with van der Waals surface area (Å²) in [4.78, 5) is 167. The normalized spacial score (nSPS) is 14.0. The zero-order valence-corrected chi connectivity index (χ0v) is 66.3. The Morgan fingerprint density at radius 2 is 0.855 bits per heavy atom. The number of hydrogen-bond donors (Lipinski definition) is 13. The molecular weight excluding hydrogens is 1560 g/mol. The minimum absolute atomic E-state index is 0.00668. The number of ether oxygens (including phenoxy) is 9. The number of carbonyl (C=O) groups excluding carboxylic acids is 9. The first-order chi connectivity index (χ1) is 56.0. The highest BCUT2D eigenvalue weighted by Gasteiger charge is 2.32. The van der Waals surface area contributed by atoms with Crippen LogP contribution >= 0.6 is 0 Å². The van der Waals surface area contributed by atoms with Crippen LogP contribution < -0.4 is 53.0 Å². The van der Waals surface area contributed by atoms with Crippen molar-refractivity contribution in [1.29, 1.82) is 0 Å². The zero-order valence-electron chi connectivity index (χ0n) is 66.3. The highest BCUT2D eigenvalue weighted by molar-refractivity contribution is 5.98. The molecule has 1 unspecified atom stereocenters. The topological polar surface area (TPSA) is 521 Å². The van der Waals surface area contributed by atoms with Crippen molar-refractivity contribution in [2.75, 3.05) is 203 Å². The number of halogens is 4. The van der Waals surface area contributed by atoms with Crippen molar-refractivity contribution in [2.45, 2.75) is 116 Å². The molecule has 14 N–H and O–H groups in total. The second-order valence-corrected chi connectivity index (χ2v) is 26.9. The molecule has 117 heavy (non-hydrogen) atoms. The average molecular weight is 1680 g/mol. The summed E-state index contributed by atoms with van der Waals surface area (Å²) in [6.07, 6.45) is 0.162. The summed E-state index contributed by atoms with van der Waals surface area (Å²) < 4.78 is 102. The van der Waals surface area contributed by atoms with Gasteiger partial charge in [-0.1, -0.05) is 26.0 Å². The lowest BCUT2D eigenvalue weighted by atomic mass is 10.0. The van der Waals surface area contributed by atoms with Crippen molar-refractivity contribution < 1.29 is 143 Å². The highest BCUT2D eigenvalue weighted by Crippen LogP contribution is 2.27. The second kappa shape index (κ2) is 60.9. The van der Waals surface area contributed by atoms with E-state index in [1.54, 1.807) is 57.7 Å². The summed E-state index contributed by atoms with van der Waals surface area (Å²) in [6, 6.07) is 2.25. The molecule has 2 aromatic carbocycles. The van der Waals surface area contributed by atoms with Crippen LogP contribution in [0.15, 0.2) is 30.3 Å². The van der Waals surface area contributed by atoms with Gasteiger partial charge in [-0.2, -0.15) is 8.78 Å². The van der Waals surface area contributed by atoms with Gasteiger partial charge in [-0.05, 0) is 68.6 Å². The molecule has 1 aliphatic heterocycles. The van der Waals surface area contributed by atoms with E-state index in [0.29, 0.717) is 43.9 Å². The van der Waals surface area contributed by atoms with Gasteiger partial charge in [0.05, 0.1) is 112 Å². The average Bonchev–Trinajstić information content (AvgIpc) is 0.824. The van der Waals surface area contributed by atoms with Gasteiger partial charge in [0.15, 0.2) is 11.6 Å². The molecule has 2 aromatic rings. The van der Waals surface area contributed by atoms with E-state index in [1.807, 2.05) is 0 Å². The van der Waals surface area contributed by atoms with Gasteiger partial charge in [0.1, 0.15) is 24.7 Å². The molecule has 0 saturated carbocycles. The number of aliphatic carboxylic acids is 4. The Bertz CT molecular complexity index is 3320. The molecule has 0 aliphatic carbocycles. The van der Waals surface area contributed by atoms with Crippen molar-refractivity contribution in [1.82, 2.24) is 56.8 Å². The van der Waals surface area contributed by atoms with Crippen LogP contribution in [0.5, 0.6) is 5.75 Å². The lowest BCUT2D eigenvalue weighted by molar-refractivity contribution is -0.145. The number of hydrogen-bond acceptors (Lipinski definition) is 26. The number of esters is 1. The van der Waals surface area contributed by atoms with Crippen molar-refractivity contribution >= 4 is 83.1 Å². The number of carboxylic acid groups (broad SMARTS) is 4. The number of benzene rings is 2. The first-order valence-corrected chi connectivity index (χ1v) is 38.6. The molecule has 43 heteroatoms. The largest absolute Gasteiger partial charge is 0.480 e. The van der Waals surface area contributed by atoms with Gasteiger partial charge in [0.2, 0.25) is 52.8 Å². The Morgan fingerprint density at radius 3 is 1.27 bits per heavy atom. The number of anilines is 1. The number of nitrogens with one attached hydrogen (secondary N) is 8. The first kappa shape index (κ1) is 102. The molecule has 0 bridgehead atoms. The van der Waals surface area contributed by atoms with Crippen LogP contribution in [0.1, 0.15) is 96.5 Å². The standard InChI is InChI=1S/C74H115F4N13O26/c1-51(2)68(71(104)86-56(8-7-19-83-73(79)107)70(103)85-53-15-13-52(14-16-53)50-116-74(108)84-23-35-112-37-36-109-32-20-81-59(93)10-5-6-12-65(102)117-69-66(77)54(75)46-55(76)67(69)78)87-61(95)11-4-3-9-58(92)80-21-33-110-38-40-113-42-44-115-45-43-114-41-39-111-34-22-82-60(94)18-17-57(72(105)106)91-30-28-89(48-63(98)99)26-24-88(47-62(96)97)25-27-90(29-31-91)49-64(100)101/h13-16,46,51,56-57,68H,3-12,17-45,47-50H2,1-2H3,(H,80,92)(H,81,93)(H,82,94)(H,84,108)(H,85,103)(H,86,104)(H,87,95)(H,96,97)(H,98,99)(H,100,101)(H,105,106)(H3,79,83,107)/t56-,57?,68-/m0/s1. The monoisotopic (exact) mass is 1680 g/mol. The van der Waals surface area contributed by atoms with E-state index in [-0.39, 0.29) is 266 Å². The third-order valence-electron chi connectivity index (χ3n) is 17.2. The molecule has 9 amide bonds. The molecule has 3 atom stereocenters. The number of alkyl carbamates (subject to hydrolysis) is 1. The summed E-state index contributed by atoms with van der Waals surface area (Å²) in [5.74, 6) is -17.4. The van der Waals surface area contributed by atoms with E-state index < -0.39 is 119 Å². The van der Waals surface area contributed by atoms with Gasteiger partial charge in [0, 0.05) is 129 Å². The molecular formula is C74H115F4N13O26. The van der Waals surface area contributed by atoms with Crippen molar-refractivity contribution in [2.24, 2.45) is 11.7 Å². The SMILES string of the molecule is CC(C)[C@H](NC(=O)CCCCC(=O)NCCOCCOCCOCCOCCOCCNC(=O)CCC(C(=O)O)N1CCN(CC(=O)O)CCN(CC(=O)O)CCN(CC(=O)O)CC1)C(=O)N[C@@H](CCCNC(N)=O)C(=O)Nc1ccc(COC(=O)NCCOCCOCCNC(=O)CCCCC(=O)Oc2c(F)c(F)cc(F)c2F)cc1. The van der Waals surface area contributed by atoms with Gasteiger partial charge >= 0.3 is 42.0 Å². The Kier molecular flexibility index (Phi) is 52.9. The number of unbranched alkanes of at least 4 members (excludes halogenated alkanes) is 2. The lowest BCUT2D eigenvalue weighted by Crippen LogP contribution is -2.54. The fourth-order valence-electron chi connectivity index (χ4n) is 11.1. The van der Waals surface area contributed by atoms with E-state index in [1.165, 1.54) is 0 Å². The number of amides is 9. The molecule has 660 valence electrons. The van der Waals surface area contributed by atoms with Crippen LogP contribution in [0.3, 0.4) is 0 Å². The Labute approximate surface area is 675 Å². The Hall–Kier alpha value is -9.57. The summed E-state index contributed by atoms with van der Waals surface area (Å²) in [5.41, 5.74) is 6.13. The summed E-state index contributed by atoms with van der Waals surface area (Å²) in [5, 5.41) is 59.9. The third-order valence-corrected chi connectivity index (χ3v) is 17.2. The molecule has 1 saturated heterocycles. The van der Waals surface area contributed by atoms with E-state index >= 15 is 0 Å². The Morgan fingerprint density at radius 1 is 0.453 bits per heavy atom. The molecule has 1 aliphatic rings. The summed E-state index contributed by atoms with van der Waals surface area (Å²) >= 11 is 0. The molecule has 39 nitrogen and oxygen atoms in total. The minimum Gasteiger partial charge on any atom is -0.480 e. The van der Waals surface area contributed by atoms with Crippen LogP contribution in [0.2, 0.25) is 0 Å². The third kappa shape index (κ3) is 48.7. The van der Waals surface area contributed by atoms with Crippen LogP contribution in [-0.2, 0) is 97.2 Å². The Balaban J connectivity index is 1.20. The molecule has 0 aromatic heterocycles. The quantitative estimate of drug-likeness (QED) is 0.0140. The lowest BCUT2D eigenvalue weighted by Gasteiger charge is -2.35. The maximum Gasteiger partial charge on any atom is 0.407 e. The van der Waals surface area contributed by atoms with Crippen molar-refractivity contribution in [3.63, 3.8) is 0 Å². The van der Waals surface area contributed by atoms with E-state index in [9.17, 15) is 100 Å². The number of nitrogens with two attached hydrogens (primary N) is 1. The minimum atomic E-state index is -1.84. The van der Waals surface area contributed by atoms with Gasteiger partial charge in [0.25, 0.3) is 0 Å². The van der Waals surface area contributed by atoms with E-state index in [2.05, 4.69) is 47.3 Å². The fraction of sp³-hybridized carbons (Fsp3) is 0.662. The number of urea groups is 1. The van der Waals surface area contributed by atoms with Gasteiger partial charge in [-0.25, -0.2) is 18.4 Å². The molecule has 0 radical (unpaired) electrons. The van der Waals surface area contributed by atoms with Gasteiger partial charge in [-0.3, -0.25) is 72.3 Å². The van der Waals surface area contributed by atoms with Gasteiger partial charge < -0.3 is 111 Å². The number of primary amides is 1. The molecule has 0 spiro atoms. The molecule has 1 heterocycles. The predicted molar refractivity (Wildman–Crippen MR) is 407 cm³/mol. The first-order valence-electron chi connectivity index (χ1n) is 38.6. The number of carbonyl (C=O) groups is 13. The number of carboxylic acids is 4. The highest BCUT2D eigenvalue weighted by atomic mass is 19.2. The maximum absolute atomic E-state index is 13.7. The maximum atomic E-state index is 13.7. The van der Waals surface area contributed by atoms with Crippen LogP contribution in [0, 0.1) is 29.2 Å². The smallest absolute Gasteiger partial charge is 0.407 e. The van der Waals surface area contributed by atoms with Crippen LogP contribution in [0.25, 0.3) is 0 Å². The summed E-state index contributed by atoms with van der Waals surface area (Å²) in [7, 11) is 0. The van der Waals surface area contributed by atoms with Crippen LogP contribution in [0.4, 0.5) is 32.8 Å². The van der Waals surface area contributed by atoms with Crippen molar-refractivity contribution in [3.8, 4) is 5.75 Å². The van der Waals surface area contributed by atoms with Crippen molar-refractivity contribution in [3.05, 3.63) is 59.2 Å². The van der Waals surface area contributed by atoms with E-state index in [0.717, 1.165) is 0 Å². The van der Waals surface area contributed by atoms with Crippen LogP contribution in [-0.4, -0.2) is 333 Å². The van der Waals surface area contributed by atoms with Gasteiger partial charge in [-0.15, -0.1) is 0 Å². The fourth-order valence-corrected chi connectivity index (χ4v) is 11.1. The zero-order chi connectivity index (χ0) is 86.1. The predicted octanol–water partition coefficient (Wildman–Crippen LogP) is 0.382. The van der Waals surface area contributed by atoms with E-state index in [4.69, 9.17) is 43.6 Å². The number of rotatable bonds is 61. The molecule has 1 fully saturated rings. The summed E-state index contributed by atoms with van der Waals surface area (Å²) in [6.45, 7) is 7.37. The number of nitrogens with zero attached hydrogens (tertiary/aromatic N) is 4. The second-order valence-electron chi connectivity index (χ2n) is 26.9. The molecule has 3 rings (SSSR count).